The molecule has 0 saturated carbocycles. The summed E-state index contributed by atoms with van der Waals surface area (Å²) in [4.78, 5) is 3.74. The van der Waals surface area contributed by atoms with Crippen molar-refractivity contribution in [3.63, 3.8) is 0 Å². The summed E-state index contributed by atoms with van der Waals surface area (Å²) in [5.41, 5.74) is 0.743. The minimum absolute atomic E-state index is 0.324. The zero-order valence-corrected chi connectivity index (χ0v) is 9.88. The Balaban J connectivity index is 2.54. The Kier molecular flexibility index (Phi) is 2.77. The molecule has 0 fully saturated rings. The van der Waals surface area contributed by atoms with Gasteiger partial charge in [0.1, 0.15) is 11.3 Å². The molecule has 0 aliphatic carbocycles. The predicted molar refractivity (Wildman–Crippen MR) is 58.2 cm³/mol. The Morgan fingerprint density at radius 1 is 1.50 bits per heavy atom. The number of ether oxygens (including phenoxy) is 1. The topological polar surface area (TPSA) is 69.4 Å². The monoisotopic (exact) mass is 261 g/mol. The highest BCUT2D eigenvalue weighted by Crippen LogP contribution is 2.24. The van der Waals surface area contributed by atoms with Gasteiger partial charge in [0.2, 0.25) is 0 Å². The summed E-state index contributed by atoms with van der Waals surface area (Å²) in [6.45, 7) is 2.36. The number of aromatic nitrogens is 1. The van der Waals surface area contributed by atoms with E-state index in [9.17, 15) is 8.42 Å². The van der Waals surface area contributed by atoms with E-state index in [0.717, 1.165) is 0 Å². The molecule has 0 unspecified atom stereocenters. The first-order valence-electron chi connectivity index (χ1n) is 4.49. The molecule has 7 heteroatoms. The van der Waals surface area contributed by atoms with Crippen LogP contribution < -0.4 is 4.74 Å². The van der Waals surface area contributed by atoms with Gasteiger partial charge in [-0.15, -0.1) is 0 Å². The van der Waals surface area contributed by atoms with Crippen molar-refractivity contribution in [2.24, 2.45) is 0 Å². The van der Waals surface area contributed by atoms with Crippen molar-refractivity contribution in [2.45, 2.75) is 12.1 Å². The summed E-state index contributed by atoms with van der Waals surface area (Å²) in [6, 6.07) is 4.85. The Morgan fingerprint density at radius 3 is 2.88 bits per heavy atom. The van der Waals surface area contributed by atoms with Crippen LogP contribution in [0.25, 0.3) is 11.1 Å². The van der Waals surface area contributed by atoms with Crippen LogP contribution in [0.4, 0.5) is 0 Å². The molecule has 0 atom stereocenters. The van der Waals surface area contributed by atoms with E-state index in [4.69, 9.17) is 19.8 Å². The maximum Gasteiger partial charge on any atom is 0.332 e. The summed E-state index contributed by atoms with van der Waals surface area (Å²) >= 11 is 0. The van der Waals surface area contributed by atoms with E-state index < -0.39 is 14.3 Å². The summed E-state index contributed by atoms with van der Waals surface area (Å²) in [7, 11) is 1.18. The van der Waals surface area contributed by atoms with Crippen molar-refractivity contribution in [2.75, 3.05) is 6.61 Å². The number of nitrogens with zero attached hydrogens (tertiary/aromatic N) is 1. The van der Waals surface area contributed by atoms with E-state index in [-0.39, 0.29) is 0 Å². The van der Waals surface area contributed by atoms with Crippen molar-refractivity contribution in [3.8, 4) is 5.75 Å². The Hall–Kier alpha value is -1.27. The van der Waals surface area contributed by atoms with Gasteiger partial charge in [0.05, 0.1) is 6.61 Å². The third-order valence-electron chi connectivity index (χ3n) is 1.86. The van der Waals surface area contributed by atoms with Crippen molar-refractivity contribution in [1.82, 2.24) is 4.98 Å². The van der Waals surface area contributed by atoms with Crippen molar-refractivity contribution in [1.29, 1.82) is 0 Å². The molecule has 16 heavy (non-hydrogen) atoms. The summed E-state index contributed by atoms with van der Waals surface area (Å²) in [6.07, 6.45) is 0. The molecule has 0 amide bonds. The van der Waals surface area contributed by atoms with Gasteiger partial charge in [0.15, 0.2) is 5.58 Å². The van der Waals surface area contributed by atoms with E-state index in [0.29, 0.717) is 23.5 Å². The van der Waals surface area contributed by atoms with Gasteiger partial charge < -0.3 is 9.15 Å². The molecule has 86 valence electrons. The van der Waals surface area contributed by atoms with Crippen LogP contribution in [0.15, 0.2) is 27.8 Å². The normalized spacial score (nSPS) is 11.9. The number of hydrogen-bond donors (Lipinski definition) is 0. The van der Waals surface area contributed by atoms with Crippen LogP contribution in [0.1, 0.15) is 6.92 Å². The second kappa shape index (κ2) is 3.95. The maximum absolute atomic E-state index is 11.0. The lowest BCUT2D eigenvalue weighted by Crippen LogP contribution is -1.90. The molecule has 2 rings (SSSR count). The molecular weight excluding hydrogens is 254 g/mol. The fraction of sp³-hybridized carbons (Fsp3) is 0.222. The molecule has 5 nitrogen and oxygen atoms in total. The van der Waals surface area contributed by atoms with Gasteiger partial charge in [-0.1, -0.05) is 0 Å². The summed E-state index contributed by atoms with van der Waals surface area (Å²) in [5.74, 6) is 0.588. The van der Waals surface area contributed by atoms with E-state index in [1.54, 1.807) is 18.2 Å². The lowest BCUT2D eigenvalue weighted by Gasteiger charge is -2.00. The van der Waals surface area contributed by atoms with Crippen LogP contribution in [0, 0.1) is 0 Å². The van der Waals surface area contributed by atoms with Gasteiger partial charge in [0, 0.05) is 16.7 Å². The first-order chi connectivity index (χ1) is 7.50. The van der Waals surface area contributed by atoms with Gasteiger partial charge in [-0.05, 0) is 19.1 Å². The van der Waals surface area contributed by atoms with Gasteiger partial charge in [-0.3, -0.25) is 0 Å². The Labute approximate surface area is 96.4 Å². The fourth-order valence-electron chi connectivity index (χ4n) is 1.24. The number of halogens is 1. The highest BCUT2D eigenvalue weighted by Gasteiger charge is 2.18. The minimum Gasteiger partial charge on any atom is -0.494 e. The zero-order valence-electron chi connectivity index (χ0n) is 8.31. The molecule has 0 spiro atoms. The molecular formula is C9H8ClNO4S. The summed E-state index contributed by atoms with van der Waals surface area (Å²) in [5, 5.41) is -0.502. The summed E-state index contributed by atoms with van der Waals surface area (Å²) < 4.78 is 32.2. The lowest BCUT2D eigenvalue weighted by atomic mass is 10.3. The van der Waals surface area contributed by atoms with Crippen LogP contribution in [0.3, 0.4) is 0 Å². The van der Waals surface area contributed by atoms with E-state index in [1.807, 2.05) is 6.92 Å². The van der Waals surface area contributed by atoms with Crippen molar-refractivity contribution in [3.05, 3.63) is 18.2 Å². The number of rotatable bonds is 3. The number of fused-ring (bicyclic) bond motifs is 1. The molecule has 2 aromatic rings. The van der Waals surface area contributed by atoms with Crippen LogP contribution >= 0.6 is 10.7 Å². The third-order valence-corrected chi connectivity index (χ3v) is 2.85. The molecule has 1 aromatic carbocycles. The molecule has 0 bridgehead atoms. The van der Waals surface area contributed by atoms with Crippen LogP contribution in [-0.4, -0.2) is 20.0 Å². The van der Waals surface area contributed by atoms with Gasteiger partial charge >= 0.3 is 14.3 Å². The maximum atomic E-state index is 11.0. The minimum atomic E-state index is -3.94. The van der Waals surface area contributed by atoms with Gasteiger partial charge in [-0.2, -0.15) is 4.98 Å². The molecule has 0 N–H and O–H groups in total. The van der Waals surface area contributed by atoms with E-state index >= 15 is 0 Å². The average Bonchev–Trinajstić information content (AvgIpc) is 2.60. The van der Waals surface area contributed by atoms with Gasteiger partial charge in [0.25, 0.3) is 0 Å². The molecule has 0 aliphatic heterocycles. The average molecular weight is 262 g/mol. The quantitative estimate of drug-likeness (QED) is 0.792. The Bertz CT molecular complexity index is 619. The number of oxazole rings is 1. The largest absolute Gasteiger partial charge is 0.494 e. The van der Waals surface area contributed by atoms with Crippen LogP contribution in [0.2, 0.25) is 0 Å². The smallest absolute Gasteiger partial charge is 0.332 e. The standard InChI is InChI=1S/C9H8ClNO4S/c1-2-14-6-3-4-7-8(5-6)15-9(11-7)16(10,12)13/h3-5H,2H2,1H3. The molecule has 1 aromatic heterocycles. The lowest BCUT2D eigenvalue weighted by molar-refractivity contribution is 0.340. The predicted octanol–water partition coefficient (Wildman–Crippen LogP) is 2.15. The van der Waals surface area contributed by atoms with Gasteiger partial charge in [-0.25, -0.2) is 8.42 Å². The Morgan fingerprint density at radius 2 is 2.25 bits per heavy atom. The second-order valence-corrected chi connectivity index (χ2v) is 5.42. The van der Waals surface area contributed by atoms with Crippen LogP contribution in [-0.2, 0) is 9.05 Å². The van der Waals surface area contributed by atoms with E-state index in [1.165, 1.54) is 0 Å². The fourth-order valence-corrected chi connectivity index (χ4v) is 1.84. The highest BCUT2D eigenvalue weighted by atomic mass is 35.7. The molecule has 1 heterocycles. The highest BCUT2D eigenvalue weighted by molar-refractivity contribution is 8.13. The van der Waals surface area contributed by atoms with Crippen molar-refractivity contribution < 1.29 is 17.6 Å². The zero-order chi connectivity index (χ0) is 11.8. The first kappa shape index (κ1) is 11.2. The SMILES string of the molecule is CCOc1ccc2nc(S(=O)(=O)Cl)oc2c1. The second-order valence-electron chi connectivity index (χ2n) is 2.98. The molecule has 0 saturated heterocycles. The number of benzene rings is 1. The van der Waals surface area contributed by atoms with Crippen molar-refractivity contribution >= 4 is 30.8 Å². The first-order valence-corrected chi connectivity index (χ1v) is 6.79. The molecule has 0 aliphatic rings. The van der Waals surface area contributed by atoms with Crippen LogP contribution in [0.5, 0.6) is 5.75 Å². The number of hydrogen-bond acceptors (Lipinski definition) is 5. The van der Waals surface area contributed by atoms with E-state index in [2.05, 4.69) is 4.98 Å². The third kappa shape index (κ3) is 2.12. The molecule has 0 radical (unpaired) electrons.